The molecule has 0 aliphatic heterocycles. The lowest BCUT2D eigenvalue weighted by Gasteiger charge is -2.35. The van der Waals surface area contributed by atoms with Crippen molar-refractivity contribution in [3.63, 3.8) is 0 Å². The van der Waals surface area contributed by atoms with Crippen LogP contribution >= 0.6 is 0 Å². The third-order valence-corrected chi connectivity index (χ3v) is 4.41. The predicted octanol–water partition coefficient (Wildman–Crippen LogP) is 4.31. The molecule has 0 radical (unpaired) electrons. The van der Waals surface area contributed by atoms with E-state index in [-0.39, 0.29) is 29.8 Å². The molecule has 0 saturated heterocycles. The smallest absolute Gasteiger partial charge is 0.255 e. The van der Waals surface area contributed by atoms with E-state index in [0.29, 0.717) is 17.0 Å². The van der Waals surface area contributed by atoms with Crippen LogP contribution < -0.4 is 4.74 Å². The van der Waals surface area contributed by atoms with Gasteiger partial charge in [0.05, 0.1) is 11.3 Å². The van der Waals surface area contributed by atoms with Crippen molar-refractivity contribution in [1.29, 1.82) is 0 Å². The molecule has 0 unspecified atom stereocenters. The first kappa shape index (κ1) is 18.9. The van der Waals surface area contributed by atoms with Crippen LogP contribution in [0.2, 0.25) is 0 Å². The van der Waals surface area contributed by atoms with E-state index in [4.69, 9.17) is 4.74 Å². The van der Waals surface area contributed by atoms with Crippen LogP contribution in [0.1, 0.15) is 43.7 Å². The number of rotatable bonds is 5. The molecule has 0 spiro atoms. The van der Waals surface area contributed by atoms with E-state index in [9.17, 15) is 9.18 Å². The minimum Gasteiger partial charge on any atom is -0.487 e. The fourth-order valence-corrected chi connectivity index (χ4v) is 2.31. The Labute approximate surface area is 148 Å². The molecule has 25 heavy (non-hydrogen) atoms. The number of ether oxygens (including phenoxy) is 1. The fraction of sp³-hybridized carbons (Fsp3) is 0.400. The summed E-state index contributed by atoms with van der Waals surface area (Å²) >= 11 is 0. The Hall–Kier alpha value is -2.43. The van der Waals surface area contributed by atoms with E-state index in [0.717, 1.165) is 0 Å². The average Bonchev–Trinajstić information content (AvgIpc) is 2.58. The number of hydrogen-bond acceptors (Lipinski definition) is 3. The lowest BCUT2D eigenvalue weighted by Crippen LogP contribution is -2.43. The summed E-state index contributed by atoms with van der Waals surface area (Å²) in [4.78, 5) is 18.6. The zero-order valence-electron chi connectivity index (χ0n) is 15.4. The van der Waals surface area contributed by atoms with Gasteiger partial charge in [-0.2, -0.15) is 0 Å². The van der Waals surface area contributed by atoms with Gasteiger partial charge in [0, 0.05) is 25.4 Å². The summed E-state index contributed by atoms with van der Waals surface area (Å²) in [7, 11) is 1.80. The molecule has 4 nitrogen and oxygen atoms in total. The van der Waals surface area contributed by atoms with Crippen molar-refractivity contribution < 1.29 is 13.9 Å². The fourth-order valence-electron chi connectivity index (χ4n) is 2.31. The highest BCUT2D eigenvalue weighted by atomic mass is 19.1. The molecule has 134 valence electrons. The van der Waals surface area contributed by atoms with E-state index in [1.807, 2.05) is 6.92 Å². The molecule has 0 bridgehead atoms. The van der Waals surface area contributed by atoms with Gasteiger partial charge in [0.2, 0.25) is 0 Å². The van der Waals surface area contributed by atoms with Gasteiger partial charge >= 0.3 is 0 Å². The van der Waals surface area contributed by atoms with Gasteiger partial charge in [-0.15, -0.1) is 0 Å². The van der Waals surface area contributed by atoms with Crippen molar-refractivity contribution in [1.82, 2.24) is 9.88 Å². The lowest BCUT2D eigenvalue weighted by atomic mass is 9.87. The Morgan fingerprint density at radius 3 is 2.56 bits per heavy atom. The predicted molar refractivity (Wildman–Crippen MR) is 96.0 cm³/mol. The molecule has 0 aliphatic carbocycles. The molecule has 0 aliphatic rings. The van der Waals surface area contributed by atoms with Crippen molar-refractivity contribution >= 4 is 5.91 Å². The number of aromatic nitrogens is 1. The minimum atomic E-state index is -0.345. The van der Waals surface area contributed by atoms with Crippen LogP contribution in [0.3, 0.4) is 0 Å². The van der Waals surface area contributed by atoms with Crippen molar-refractivity contribution in [3.8, 4) is 5.75 Å². The van der Waals surface area contributed by atoms with Crippen molar-refractivity contribution in [2.45, 2.75) is 40.3 Å². The first-order valence-electron chi connectivity index (χ1n) is 8.29. The molecule has 1 aromatic carbocycles. The van der Waals surface area contributed by atoms with Crippen LogP contribution in [0, 0.1) is 11.2 Å². The summed E-state index contributed by atoms with van der Waals surface area (Å²) in [6.07, 6.45) is 1.55. The second-order valence-electron chi connectivity index (χ2n) is 7.24. The second kappa shape index (κ2) is 7.64. The molecule has 0 fully saturated rings. The molecule has 2 aromatic rings. The Bertz CT molecular complexity index is 723. The highest BCUT2D eigenvalue weighted by Crippen LogP contribution is 2.24. The number of halogens is 1. The maximum atomic E-state index is 13.1. The number of pyridine rings is 1. The largest absolute Gasteiger partial charge is 0.487 e. The van der Waals surface area contributed by atoms with Gasteiger partial charge in [-0.3, -0.25) is 9.78 Å². The van der Waals surface area contributed by atoms with E-state index in [2.05, 4.69) is 25.8 Å². The molecule has 0 N–H and O–H groups in total. The van der Waals surface area contributed by atoms with Gasteiger partial charge < -0.3 is 9.64 Å². The van der Waals surface area contributed by atoms with E-state index in [1.54, 1.807) is 42.4 Å². The maximum Gasteiger partial charge on any atom is 0.255 e. The molecule has 0 saturated carbocycles. The van der Waals surface area contributed by atoms with E-state index >= 15 is 0 Å². The Balaban J connectivity index is 2.00. The molecule has 1 atom stereocenters. The second-order valence-corrected chi connectivity index (χ2v) is 7.24. The molecular weight excluding hydrogens is 319 g/mol. The number of amides is 1. The molecular formula is C20H25FN2O2. The van der Waals surface area contributed by atoms with Crippen LogP contribution in [0.4, 0.5) is 4.39 Å². The molecule has 2 rings (SSSR count). The summed E-state index contributed by atoms with van der Waals surface area (Å²) in [6.45, 7) is 8.56. The summed E-state index contributed by atoms with van der Waals surface area (Å²) in [5.74, 6) is 0.0376. The summed E-state index contributed by atoms with van der Waals surface area (Å²) in [6, 6.07) is 9.54. The highest BCUT2D eigenvalue weighted by Gasteiger charge is 2.27. The van der Waals surface area contributed by atoms with Gasteiger partial charge in [-0.05, 0) is 36.6 Å². The lowest BCUT2D eigenvalue weighted by molar-refractivity contribution is 0.0628. The first-order valence-corrected chi connectivity index (χ1v) is 8.29. The first-order chi connectivity index (χ1) is 11.7. The Morgan fingerprint density at radius 1 is 1.28 bits per heavy atom. The zero-order valence-corrected chi connectivity index (χ0v) is 15.4. The highest BCUT2D eigenvalue weighted by molar-refractivity contribution is 5.94. The van der Waals surface area contributed by atoms with Crippen LogP contribution in [0.5, 0.6) is 5.75 Å². The monoisotopic (exact) mass is 344 g/mol. The van der Waals surface area contributed by atoms with Gasteiger partial charge in [0.25, 0.3) is 5.91 Å². The average molecular weight is 344 g/mol. The van der Waals surface area contributed by atoms with Gasteiger partial charge in [0.1, 0.15) is 18.2 Å². The SMILES string of the molecule is C[C@@H](N(C)C(=O)c1ccc(COc2cccc(F)c2)nc1)C(C)(C)C. The standard InChI is InChI=1S/C20H25FN2O2/c1-14(20(2,3)4)23(5)19(24)15-9-10-17(22-12-15)13-25-18-8-6-7-16(21)11-18/h6-12,14H,13H2,1-5H3/t14-/m1/s1. The van der Waals surface area contributed by atoms with E-state index < -0.39 is 0 Å². The molecule has 1 amide bonds. The number of nitrogens with zero attached hydrogens (tertiary/aromatic N) is 2. The molecule has 1 aromatic heterocycles. The Morgan fingerprint density at radius 2 is 2.00 bits per heavy atom. The van der Waals surface area contributed by atoms with E-state index in [1.165, 1.54) is 12.1 Å². The zero-order chi connectivity index (χ0) is 18.6. The van der Waals surface area contributed by atoms with Crippen LogP contribution in [0.15, 0.2) is 42.6 Å². The Kier molecular flexibility index (Phi) is 5.77. The molecule has 1 heterocycles. The topological polar surface area (TPSA) is 42.4 Å². The number of carbonyl (C=O) groups excluding carboxylic acids is 1. The number of benzene rings is 1. The number of hydrogen-bond donors (Lipinski definition) is 0. The molecule has 5 heteroatoms. The summed E-state index contributed by atoms with van der Waals surface area (Å²) in [5.41, 5.74) is 1.21. The third kappa shape index (κ3) is 5.02. The summed E-state index contributed by atoms with van der Waals surface area (Å²) < 4.78 is 18.6. The van der Waals surface area contributed by atoms with Gasteiger partial charge in [0.15, 0.2) is 0 Å². The third-order valence-electron chi connectivity index (χ3n) is 4.41. The van der Waals surface area contributed by atoms with Crippen LogP contribution in [-0.2, 0) is 6.61 Å². The van der Waals surface area contributed by atoms with Crippen molar-refractivity contribution in [3.05, 3.63) is 59.7 Å². The van der Waals surface area contributed by atoms with Crippen molar-refractivity contribution in [2.24, 2.45) is 5.41 Å². The van der Waals surface area contributed by atoms with Crippen molar-refractivity contribution in [2.75, 3.05) is 7.05 Å². The van der Waals surface area contributed by atoms with Crippen LogP contribution in [-0.4, -0.2) is 28.9 Å². The quantitative estimate of drug-likeness (QED) is 0.812. The normalized spacial score (nSPS) is 12.6. The van der Waals surface area contributed by atoms with Gasteiger partial charge in [-0.1, -0.05) is 26.8 Å². The van der Waals surface area contributed by atoms with Crippen LogP contribution in [0.25, 0.3) is 0 Å². The number of carbonyl (C=O) groups is 1. The summed E-state index contributed by atoms with van der Waals surface area (Å²) in [5, 5.41) is 0. The van der Waals surface area contributed by atoms with Gasteiger partial charge in [-0.25, -0.2) is 4.39 Å². The minimum absolute atomic E-state index is 0.00340. The maximum absolute atomic E-state index is 13.1.